The third kappa shape index (κ3) is 6.65. The molecular formula is C20H35N. The molecule has 1 aromatic carbocycles. The molecule has 0 aliphatic carbocycles. The molecule has 1 unspecified atom stereocenters. The summed E-state index contributed by atoms with van der Waals surface area (Å²) in [6, 6.07) is 9.22. The van der Waals surface area contributed by atoms with Crippen molar-refractivity contribution in [3.05, 3.63) is 35.4 Å². The molecule has 1 rings (SSSR count). The fourth-order valence-corrected chi connectivity index (χ4v) is 2.42. The smallest absolute Gasteiger partial charge is 0.00966 e. The molecule has 0 radical (unpaired) electrons. The minimum atomic E-state index is 0.198. The lowest BCUT2D eigenvalue weighted by molar-refractivity contribution is 0.312. The predicted octanol–water partition coefficient (Wildman–Crippen LogP) is 5.19. The lowest BCUT2D eigenvalue weighted by Gasteiger charge is -2.28. The van der Waals surface area contributed by atoms with E-state index in [0.717, 1.165) is 13.0 Å². The van der Waals surface area contributed by atoms with Crippen LogP contribution in [0.2, 0.25) is 0 Å². The van der Waals surface area contributed by atoms with Crippen LogP contribution < -0.4 is 5.32 Å². The van der Waals surface area contributed by atoms with E-state index in [0.29, 0.717) is 11.8 Å². The van der Waals surface area contributed by atoms with Crippen LogP contribution in [0.15, 0.2) is 24.3 Å². The molecule has 120 valence electrons. The molecule has 0 amide bonds. The van der Waals surface area contributed by atoms with Gasteiger partial charge in [-0.3, -0.25) is 0 Å². The van der Waals surface area contributed by atoms with Crippen molar-refractivity contribution >= 4 is 0 Å². The van der Waals surface area contributed by atoms with Gasteiger partial charge in [0.15, 0.2) is 0 Å². The maximum absolute atomic E-state index is 3.66. The second kappa shape index (κ2) is 6.96. The van der Waals surface area contributed by atoms with Crippen molar-refractivity contribution in [2.24, 2.45) is 11.8 Å². The highest BCUT2D eigenvalue weighted by atomic mass is 14.9. The van der Waals surface area contributed by atoms with E-state index < -0.39 is 0 Å². The van der Waals surface area contributed by atoms with E-state index in [4.69, 9.17) is 0 Å². The highest BCUT2D eigenvalue weighted by Gasteiger charge is 2.18. The molecule has 0 heterocycles. The molecule has 0 bridgehead atoms. The van der Waals surface area contributed by atoms with Crippen LogP contribution in [0.5, 0.6) is 0 Å². The quantitative estimate of drug-likeness (QED) is 0.787. The van der Waals surface area contributed by atoms with E-state index in [9.17, 15) is 0 Å². The van der Waals surface area contributed by atoms with Crippen molar-refractivity contribution in [3.63, 3.8) is 0 Å². The van der Waals surface area contributed by atoms with Gasteiger partial charge in [0.25, 0.3) is 0 Å². The first-order valence-electron chi connectivity index (χ1n) is 8.33. The molecule has 1 atom stereocenters. The van der Waals surface area contributed by atoms with Crippen molar-refractivity contribution in [3.8, 4) is 0 Å². The van der Waals surface area contributed by atoms with Crippen LogP contribution in [0.4, 0.5) is 0 Å². The summed E-state index contributed by atoms with van der Waals surface area (Å²) >= 11 is 0. The Bertz CT molecular complexity index is 415. The molecule has 21 heavy (non-hydrogen) atoms. The first-order valence-corrected chi connectivity index (χ1v) is 8.33. The van der Waals surface area contributed by atoms with E-state index in [2.05, 4.69) is 85.0 Å². The van der Waals surface area contributed by atoms with Crippen LogP contribution >= 0.6 is 0 Å². The largest absolute Gasteiger partial charge is 0.312 e. The predicted molar refractivity (Wildman–Crippen MR) is 94.9 cm³/mol. The molecule has 0 aliphatic rings. The molecule has 0 saturated carbocycles. The molecule has 0 fully saturated rings. The molecule has 1 heteroatoms. The van der Waals surface area contributed by atoms with Crippen LogP contribution in [0.25, 0.3) is 0 Å². The first-order chi connectivity index (χ1) is 9.49. The minimum absolute atomic E-state index is 0.198. The molecule has 0 saturated heterocycles. The summed E-state index contributed by atoms with van der Waals surface area (Å²) in [5, 5.41) is 3.66. The van der Waals surface area contributed by atoms with Crippen LogP contribution in [0.1, 0.15) is 66.5 Å². The Morgan fingerprint density at radius 3 is 1.81 bits per heavy atom. The maximum Gasteiger partial charge on any atom is 0.00966 e. The Morgan fingerprint density at radius 2 is 1.43 bits per heavy atom. The minimum Gasteiger partial charge on any atom is -0.312 e. The zero-order valence-electron chi connectivity index (χ0n) is 15.4. The van der Waals surface area contributed by atoms with E-state index in [1.165, 1.54) is 11.1 Å². The third-order valence-corrected chi connectivity index (χ3v) is 4.16. The average molecular weight is 290 g/mol. The van der Waals surface area contributed by atoms with E-state index in [1.807, 2.05) is 0 Å². The standard InChI is InChI=1S/C20H35N/c1-15(2)17(14-21-20(6,7)8)13-16-9-11-18(12-10-16)19(3,4)5/h9-12,15,17,21H,13-14H2,1-8H3. The molecule has 1 N–H and O–H groups in total. The SMILES string of the molecule is CC(C)C(CNC(C)(C)C)Cc1ccc(C(C)(C)C)cc1. The van der Waals surface area contributed by atoms with Gasteiger partial charge in [-0.25, -0.2) is 0 Å². The van der Waals surface area contributed by atoms with Crippen LogP contribution in [-0.2, 0) is 11.8 Å². The van der Waals surface area contributed by atoms with Crippen molar-refractivity contribution in [1.82, 2.24) is 5.32 Å². The molecular weight excluding hydrogens is 254 g/mol. The topological polar surface area (TPSA) is 12.0 Å². The number of hydrogen-bond acceptors (Lipinski definition) is 1. The van der Waals surface area contributed by atoms with Crippen molar-refractivity contribution in [1.29, 1.82) is 0 Å². The van der Waals surface area contributed by atoms with E-state index in [1.54, 1.807) is 0 Å². The monoisotopic (exact) mass is 289 g/mol. The molecule has 0 aliphatic heterocycles. The summed E-state index contributed by atoms with van der Waals surface area (Å²) in [5.41, 5.74) is 3.31. The van der Waals surface area contributed by atoms with Gasteiger partial charge in [-0.05, 0) is 62.1 Å². The van der Waals surface area contributed by atoms with Gasteiger partial charge in [-0.1, -0.05) is 58.9 Å². The zero-order chi connectivity index (χ0) is 16.3. The van der Waals surface area contributed by atoms with Gasteiger partial charge < -0.3 is 5.32 Å². The number of nitrogens with one attached hydrogen (secondary N) is 1. The second-order valence-electron chi connectivity index (χ2n) is 8.79. The lowest BCUT2D eigenvalue weighted by Crippen LogP contribution is -2.40. The van der Waals surface area contributed by atoms with Crippen molar-refractivity contribution in [2.45, 2.75) is 72.8 Å². The van der Waals surface area contributed by atoms with Crippen LogP contribution in [-0.4, -0.2) is 12.1 Å². The Labute approximate surface area is 132 Å². The molecule has 1 aromatic rings. The van der Waals surface area contributed by atoms with Crippen LogP contribution in [0, 0.1) is 11.8 Å². The third-order valence-electron chi connectivity index (χ3n) is 4.16. The van der Waals surface area contributed by atoms with Crippen molar-refractivity contribution in [2.75, 3.05) is 6.54 Å². The maximum atomic E-state index is 3.66. The Kier molecular flexibility index (Phi) is 6.04. The molecule has 1 nitrogen and oxygen atoms in total. The summed E-state index contributed by atoms with van der Waals surface area (Å²) in [7, 11) is 0. The van der Waals surface area contributed by atoms with E-state index in [-0.39, 0.29) is 11.0 Å². The van der Waals surface area contributed by atoms with Gasteiger partial charge in [0.1, 0.15) is 0 Å². The second-order valence-corrected chi connectivity index (χ2v) is 8.79. The number of rotatable bonds is 5. The number of benzene rings is 1. The van der Waals surface area contributed by atoms with Gasteiger partial charge in [0, 0.05) is 5.54 Å². The summed E-state index contributed by atoms with van der Waals surface area (Å²) in [6.45, 7) is 19.3. The van der Waals surface area contributed by atoms with Gasteiger partial charge in [0.2, 0.25) is 0 Å². The number of hydrogen-bond donors (Lipinski definition) is 1. The average Bonchev–Trinajstić information content (AvgIpc) is 2.32. The van der Waals surface area contributed by atoms with E-state index >= 15 is 0 Å². The zero-order valence-corrected chi connectivity index (χ0v) is 15.4. The highest BCUT2D eigenvalue weighted by Crippen LogP contribution is 2.24. The summed E-state index contributed by atoms with van der Waals surface area (Å²) in [4.78, 5) is 0. The van der Waals surface area contributed by atoms with Crippen LogP contribution in [0.3, 0.4) is 0 Å². The fraction of sp³-hybridized carbons (Fsp3) is 0.700. The van der Waals surface area contributed by atoms with Gasteiger partial charge in [-0.15, -0.1) is 0 Å². The Hall–Kier alpha value is -0.820. The molecule has 0 aromatic heterocycles. The summed E-state index contributed by atoms with van der Waals surface area (Å²) < 4.78 is 0. The Balaban J connectivity index is 2.71. The lowest BCUT2D eigenvalue weighted by atomic mass is 9.84. The summed E-state index contributed by atoms with van der Waals surface area (Å²) in [6.07, 6.45) is 1.16. The van der Waals surface area contributed by atoms with Crippen molar-refractivity contribution < 1.29 is 0 Å². The fourth-order valence-electron chi connectivity index (χ4n) is 2.42. The van der Waals surface area contributed by atoms with Gasteiger partial charge in [-0.2, -0.15) is 0 Å². The molecule has 0 spiro atoms. The normalized spacial score (nSPS) is 14.5. The Morgan fingerprint density at radius 1 is 0.905 bits per heavy atom. The van der Waals surface area contributed by atoms with Gasteiger partial charge in [0.05, 0.1) is 0 Å². The summed E-state index contributed by atoms with van der Waals surface area (Å²) in [5.74, 6) is 1.38. The van der Waals surface area contributed by atoms with Gasteiger partial charge >= 0.3 is 0 Å². The highest BCUT2D eigenvalue weighted by molar-refractivity contribution is 5.27. The first kappa shape index (κ1) is 18.2.